The van der Waals surface area contributed by atoms with Gasteiger partial charge in [0.25, 0.3) is 0 Å². The van der Waals surface area contributed by atoms with E-state index in [1.54, 1.807) is 11.1 Å². The zero-order valence-electron chi connectivity index (χ0n) is 12.7. The highest BCUT2D eigenvalue weighted by atomic mass is 16.5. The van der Waals surface area contributed by atoms with Gasteiger partial charge < -0.3 is 4.74 Å². The summed E-state index contributed by atoms with van der Waals surface area (Å²) in [5.41, 5.74) is 6.63. The van der Waals surface area contributed by atoms with E-state index in [2.05, 4.69) is 60.7 Å². The number of fused-ring (bicyclic) bond motifs is 2. The van der Waals surface area contributed by atoms with Crippen molar-refractivity contribution in [1.29, 1.82) is 0 Å². The van der Waals surface area contributed by atoms with Gasteiger partial charge >= 0.3 is 0 Å². The van der Waals surface area contributed by atoms with Gasteiger partial charge in [0.15, 0.2) is 0 Å². The maximum Gasteiger partial charge on any atom is 0.0604 e. The predicted molar refractivity (Wildman–Crippen MR) is 88.6 cm³/mol. The van der Waals surface area contributed by atoms with E-state index in [1.165, 1.54) is 24.0 Å². The summed E-state index contributed by atoms with van der Waals surface area (Å²) in [7, 11) is 0. The largest absolute Gasteiger partial charge is 0.379 e. The lowest BCUT2D eigenvalue weighted by atomic mass is 9.54. The summed E-state index contributed by atoms with van der Waals surface area (Å²) in [5.74, 6) is 0. The van der Waals surface area contributed by atoms with Crippen molar-refractivity contribution in [2.75, 3.05) is 13.2 Å². The highest BCUT2D eigenvalue weighted by Gasteiger charge is 2.62. The molecule has 1 saturated heterocycles. The van der Waals surface area contributed by atoms with Gasteiger partial charge in [0.2, 0.25) is 0 Å². The molecule has 110 valence electrons. The van der Waals surface area contributed by atoms with Gasteiger partial charge in [-0.05, 0) is 41.5 Å². The van der Waals surface area contributed by atoms with Crippen LogP contribution in [0.15, 0.2) is 66.2 Å². The molecule has 1 nitrogen and oxygen atoms in total. The molecule has 1 heterocycles. The molecule has 1 saturated carbocycles. The summed E-state index contributed by atoms with van der Waals surface area (Å²) in [6.07, 6.45) is 3.72. The second-order valence-electron chi connectivity index (χ2n) is 7.12. The average Bonchev–Trinajstić information content (AvgIpc) is 3.30. The molecule has 1 spiro atoms. The fourth-order valence-corrected chi connectivity index (χ4v) is 4.62. The zero-order chi connectivity index (χ0) is 14.6. The molecule has 0 N–H and O–H groups in total. The lowest BCUT2D eigenvalue weighted by molar-refractivity contribution is 0.0196. The van der Waals surface area contributed by atoms with E-state index in [9.17, 15) is 0 Å². The second kappa shape index (κ2) is 4.33. The maximum absolute atomic E-state index is 6.09. The molecule has 0 amide bonds. The van der Waals surface area contributed by atoms with E-state index in [-0.39, 0.29) is 5.41 Å². The first-order valence-corrected chi connectivity index (χ1v) is 8.27. The molecule has 0 radical (unpaired) electrons. The first kappa shape index (κ1) is 12.7. The number of hydrogen-bond acceptors (Lipinski definition) is 1. The highest BCUT2D eigenvalue weighted by Crippen LogP contribution is 2.69. The van der Waals surface area contributed by atoms with Crippen molar-refractivity contribution in [2.24, 2.45) is 5.41 Å². The van der Waals surface area contributed by atoms with Gasteiger partial charge in [0, 0.05) is 10.8 Å². The fraction of sp³-hybridized carbons (Fsp3) is 0.333. The molecule has 0 aromatic heterocycles. The van der Waals surface area contributed by atoms with Crippen LogP contribution in [0.25, 0.3) is 5.57 Å². The molecule has 1 heteroatoms. The summed E-state index contributed by atoms with van der Waals surface area (Å²) >= 11 is 0. The standard InChI is InChI=1S/C21H20O/c1-3-7-16(8-4-1)18-13-21(17-9-5-2-6-10-17)15-22-14-20(11-12-20)19(18)21/h1-10H,11-15H2. The van der Waals surface area contributed by atoms with Gasteiger partial charge in [0.1, 0.15) is 0 Å². The lowest BCUT2D eigenvalue weighted by Crippen LogP contribution is -2.50. The molecule has 3 aliphatic rings. The van der Waals surface area contributed by atoms with Gasteiger partial charge in [-0.25, -0.2) is 0 Å². The number of ether oxygens (including phenoxy) is 1. The van der Waals surface area contributed by atoms with Crippen LogP contribution >= 0.6 is 0 Å². The van der Waals surface area contributed by atoms with Crippen molar-refractivity contribution in [1.82, 2.24) is 0 Å². The Hall–Kier alpha value is -1.86. The molecular weight excluding hydrogens is 268 g/mol. The Kier molecular flexibility index (Phi) is 2.49. The first-order chi connectivity index (χ1) is 10.8. The van der Waals surface area contributed by atoms with Crippen molar-refractivity contribution in [3.63, 3.8) is 0 Å². The number of rotatable bonds is 2. The molecule has 1 unspecified atom stereocenters. The van der Waals surface area contributed by atoms with Crippen molar-refractivity contribution in [2.45, 2.75) is 24.7 Å². The van der Waals surface area contributed by atoms with Gasteiger partial charge in [-0.15, -0.1) is 0 Å². The topological polar surface area (TPSA) is 9.23 Å². The van der Waals surface area contributed by atoms with Crippen molar-refractivity contribution in [3.05, 3.63) is 77.4 Å². The number of benzene rings is 2. The Morgan fingerprint density at radius 2 is 1.45 bits per heavy atom. The monoisotopic (exact) mass is 288 g/mol. The van der Waals surface area contributed by atoms with E-state index >= 15 is 0 Å². The third kappa shape index (κ3) is 1.58. The normalized spacial score (nSPS) is 28.2. The van der Waals surface area contributed by atoms with Crippen LogP contribution in [0, 0.1) is 5.41 Å². The minimum absolute atomic E-state index is 0.140. The minimum Gasteiger partial charge on any atom is -0.379 e. The van der Waals surface area contributed by atoms with E-state index in [1.807, 2.05) is 0 Å². The summed E-state index contributed by atoms with van der Waals surface area (Å²) in [6.45, 7) is 1.78. The summed E-state index contributed by atoms with van der Waals surface area (Å²) in [5, 5.41) is 0. The van der Waals surface area contributed by atoms with Crippen LogP contribution in [0.5, 0.6) is 0 Å². The highest BCUT2D eigenvalue weighted by molar-refractivity contribution is 5.82. The molecule has 22 heavy (non-hydrogen) atoms. The third-order valence-electron chi connectivity index (χ3n) is 5.82. The van der Waals surface area contributed by atoms with Crippen molar-refractivity contribution >= 4 is 5.57 Å². The smallest absolute Gasteiger partial charge is 0.0604 e. The second-order valence-corrected chi connectivity index (χ2v) is 7.12. The van der Waals surface area contributed by atoms with E-state index < -0.39 is 0 Å². The number of hydrogen-bond donors (Lipinski definition) is 0. The molecule has 1 aliphatic heterocycles. The van der Waals surface area contributed by atoms with Crippen LogP contribution in [0.3, 0.4) is 0 Å². The molecular formula is C21H20O. The van der Waals surface area contributed by atoms with Crippen LogP contribution in [0.2, 0.25) is 0 Å². The van der Waals surface area contributed by atoms with E-state index in [4.69, 9.17) is 4.74 Å². The van der Waals surface area contributed by atoms with Gasteiger partial charge in [-0.2, -0.15) is 0 Å². The van der Waals surface area contributed by atoms with Crippen LogP contribution in [0.4, 0.5) is 0 Å². The maximum atomic E-state index is 6.09. The molecule has 2 aromatic rings. The van der Waals surface area contributed by atoms with E-state index in [0.29, 0.717) is 5.41 Å². The Morgan fingerprint density at radius 3 is 2.14 bits per heavy atom. The van der Waals surface area contributed by atoms with Crippen molar-refractivity contribution in [3.8, 4) is 0 Å². The molecule has 2 fully saturated rings. The van der Waals surface area contributed by atoms with Crippen LogP contribution < -0.4 is 0 Å². The molecule has 0 bridgehead atoms. The van der Waals surface area contributed by atoms with Crippen LogP contribution in [-0.2, 0) is 10.2 Å². The Balaban J connectivity index is 1.70. The molecule has 5 rings (SSSR count). The minimum atomic E-state index is 0.140. The van der Waals surface area contributed by atoms with Gasteiger partial charge in [-0.1, -0.05) is 60.7 Å². The van der Waals surface area contributed by atoms with Gasteiger partial charge in [0.05, 0.1) is 13.2 Å². The third-order valence-corrected chi connectivity index (χ3v) is 5.82. The fourth-order valence-electron chi connectivity index (χ4n) is 4.62. The Morgan fingerprint density at radius 1 is 0.773 bits per heavy atom. The average molecular weight is 288 g/mol. The molecule has 1 atom stereocenters. The van der Waals surface area contributed by atoms with Gasteiger partial charge in [-0.3, -0.25) is 0 Å². The quantitative estimate of drug-likeness (QED) is 0.785. The van der Waals surface area contributed by atoms with Crippen molar-refractivity contribution < 1.29 is 4.74 Å². The lowest BCUT2D eigenvalue weighted by Gasteiger charge is -2.53. The Bertz CT molecular complexity index is 740. The van der Waals surface area contributed by atoms with Crippen LogP contribution in [0.1, 0.15) is 30.4 Å². The first-order valence-electron chi connectivity index (χ1n) is 8.27. The summed E-state index contributed by atoms with van der Waals surface area (Å²) in [6, 6.07) is 22.0. The zero-order valence-corrected chi connectivity index (χ0v) is 12.7. The number of allylic oxidation sites excluding steroid dienone is 1. The van der Waals surface area contributed by atoms with E-state index in [0.717, 1.165) is 19.6 Å². The summed E-state index contributed by atoms with van der Waals surface area (Å²) in [4.78, 5) is 0. The molecule has 2 aliphatic carbocycles. The molecule has 2 aromatic carbocycles. The SMILES string of the molecule is c1ccc(C2=C3C4(CC4)COCC3(c3ccccc3)C2)cc1. The Labute approximate surface area is 131 Å². The predicted octanol–water partition coefficient (Wildman–Crippen LogP) is 4.59. The van der Waals surface area contributed by atoms with Crippen LogP contribution in [-0.4, -0.2) is 13.2 Å². The summed E-state index contributed by atoms with van der Waals surface area (Å²) < 4.78 is 6.09.